The predicted molar refractivity (Wildman–Crippen MR) is 92.5 cm³/mol. The maximum Gasteiger partial charge on any atom is 0.268 e. The van der Waals surface area contributed by atoms with Crippen molar-refractivity contribution in [1.29, 1.82) is 0 Å². The Hall–Kier alpha value is -3.48. The number of hydrogen-bond acceptors (Lipinski definition) is 5. The number of carbonyl (C=O) groups excluding carboxylic acids is 1. The molecule has 1 unspecified atom stereocenters. The van der Waals surface area contributed by atoms with Gasteiger partial charge in [0.15, 0.2) is 5.82 Å². The van der Waals surface area contributed by atoms with Crippen molar-refractivity contribution < 1.29 is 9.63 Å². The van der Waals surface area contributed by atoms with Gasteiger partial charge in [0.1, 0.15) is 0 Å². The second-order valence-electron chi connectivity index (χ2n) is 5.55. The molecule has 1 N–H and O–H groups in total. The van der Waals surface area contributed by atoms with E-state index in [2.05, 4.69) is 20.6 Å². The van der Waals surface area contributed by atoms with E-state index in [1.165, 1.54) is 0 Å². The highest BCUT2D eigenvalue weighted by molar-refractivity contribution is 6.06. The van der Waals surface area contributed by atoms with Crippen LogP contribution in [0.15, 0.2) is 72.3 Å². The molecule has 0 fully saturated rings. The molecule has 3 heterocycles. The lowest BCUT2D eigenvalue weighted by Gasteiger charge is -2.09. The number of hydrogen-bond donors (Lipinski definition) is 1. The van der Waals surface area contributed by atoms with Crippen molar-refractivity contribution in [2.45, 2.75) is 12.5 Å². The van der Waals surface area contributed by atoms with Crippen LogP contribution in [0.3, 0.4) is 0 Å². The zero-order valence-electron chi connectivity index (χ0n) is 13.2. The van der Waals surface area contributed by atoms with Crippen molar-refractivity contribution in [3.05, 3.63) is 72.7 Å². The minimum absolute atomic E-state index is 0.247. The number of nitrogens with zero attached hydrogens (tertiary/aromatic N) is 4. The molecule has 0 bridgehead atoms. The van der Waals surface area contributed by atoms with Crippen LogP contribution in [0.4, 0.5) is 5.69 Å². The molecule has 7 nitrogen and oxygen atoms in total. The molecule has 1 amide bonds. The normalized spacial score (nSPS) is 16.2. The maximum absolute atomic E-state index is 12.4. The smallest absolute Gasteiger partial charge is 0.268 e. The molecule has 25 heavy (non-hydrogen) atoms. The highest BCUT2D eigenvalue weighted by Gasteiger charge is 2.28. The Morgan fingerprint density at radius 3 is 2.76 bits per heavy atom. The minimum atomic E-state index is -0.638. The Labute approximate surface area is 144 Å². The van der Waals surface area contributed by atoms with Crippen molar-refractivity contribution in [3.63, 3.8) is 0 Å². The van der Waals surface area contributed by atoms with Crippen LogP contribution < -0.4 is 5.32 Å². The van der Waals surface area contributed by atoms with Gasteiger partial charge in [-0.2, -0.15) is 5.10 Å². The lowest BCUT2D eigenvalue weighted by molar-refractivity contribution is -0.125. The van der Waals surface area contributed by atoms with Crippen molar-refractivity contribution in [2.24, 2.45) is 5.16 Å². The van der Waals surface area contributed by atoms with E-state index in [1.807, 2.05) is 36.4 Å². The number of aromatic nitrogens is 3. The van der Waals surface area contributed by atoms with Crippen molar-refractivity contribution in [1.82, 2.24) is 14.8 Å². The van der Waals surface area contributed by atoms with Gasteiger partial charge in [0.25, 0.3) is 5.91 Å². The first-order valence-electron chi connectivity index (χ1n) is 7.85. The average molecular weight is 333 g/mol. The molecule has 124 valence electrons. The maximum atomic E-state index is 12.4. The monoisotopic (exact) mass is 333 g/mol. The van der Waals surface area contributed by atoms with Crippen LogP contribution >= 0.6 is 0 Å². The first-order chi connectivity index (χ1) is 12.3. The van der Waals surface area contributed by atoms with E-state index in [0.29, 0.717) is 17.9 Å². The number of oxime groups is 1. The highest BCUT2D eigenvalue weighted by Crippen LogP contribution is 2.18. The standard InChI is InChI=1S/C18H15N5O2/c24-18(16-11-15(22-25-16)13-5-2-1-3-6-13)21-14-7-8-17(19-12-14)23-10-4-9-20-23/h1-10,12,16H,11H2,(H,21,24). The van der Waals surface area contributed by atoms with Crippen molar-refractivity contribution in [3.8, 4) is 5.82 Å². The third kappa shape index (κ3) is 3.25. The van der Waals surface area contributed by atoms with Gasteiger partial charge in [-0.3, -0.25) is 4.79 Å². The number of amides is 1. The molecule has 0 spiro atoms. The zero-order chi connectivity index (χ0) is 17.1. The Morgan fingerprint density at radius 2 is 2.04 bits per heavy atom. The highest BCUT2D eigenvalue weighted by atomic mass is 16.6. The Balaban J connectivity index is 1.38. The molecule has 2 aromatic heterocycles. The molecular formula is C18H15N5O2. The van der Waals surface area contributed by atoms with E-state index in [4.69, 9.17) is 4.84 Å². The third-order valence-electron chi connectivity index (χ3n) is 3.82. The molecule has 4 rings (SSSR count). The quantitative estimate of drug-likeness (QED) is 0.795. The topological polar surface area (TPSA) is 81.4 Å². The summed E-state index contributed by atoms with van der Waals surface area (Å²) in [5.41, 5.74) is 2.33. The first kappa shape index (κ1) is 15.1. The lowest BCUT2D eigenvalue weighted by atomic mass is 10.0. The molecule has 1 atom stereocenters. The average Bonchev–Trinajstić information content (AvgIpc) is 3.35. The summed E-state index contributed by atoms with van der Waals surface area (Å²) in [6.07, 6.45) is 4.87. The fraction of sp³-hybridized carbons (Fsp3) is 0.111. The van der Waals surface area contributed by atoms with Crippen molar-refractivity contribution in [2.75, 3.05) is 5.32 Å². The summed E-state index contributed by atoms with van der Waals surface area (Å²) in [6, 6.07) is 15.1. The van der Waals surface area contributed by atoms with Gasteiger partial charge in [-0.15, -0.1) is 0 Å². The molecule has 1 aliphatic rings. The van der Waals surface area contributed by atoms with Gasteiger partial charge in [-0.25, -0.2) is 9.67 Å². The van der Waals surface area contributed by atoms with E-state index in [0.717, 1.165) is 11.3 Å². The van der Waals surface area contributed by atoms with Crippen LogP contribution in [0, 0.1) is 0 Å². The van der Waals surface area contributed by atoms with Crippen LogP contribution in [-0.2, 0) is 9.63 Å². The lowest BCUT2D eigenvalue weighted by Crippen LogP contribution is -2.28. The number of rotatable bonds is 4. The van der Waals surface area contributed by atoms with Gasteiger partial charge >= 0.3 is 0 Å². The van der Waals surface area contributed by atoms with Gasteiger partial charge in [-0.05, 0) is 23.8 Å². The molecule has 0 saturated heterocycles. The summed E-state index contributed by atoms with van der Waals surface area (Å²) >= 11 is 0. The summed E-state index contributed by atoms with van der Waals surface area (Å²) < 4.78 is 1.64. The van der Waals surface area contributed by atoms with E-state index in [-0.39, 0.29) is 5.91 Å². The number of nitrogens with one attached hydrogen (secondary N) is 1. The van der Waals surface area contributed by atoms with Crippen LogP contribution in [0.1, 0.15) is 12.0 Å². The van der Waals surface area contributed by atoms with Crippen LogP contribution in [-0.4, -0.2) is 32.5 Å². The van der Waals surface area contributed by atoms with Gasteiger partial charge in [-0.1, -0.05) is 35.5 Å². The summed E-state index contributed by atoms with van der Waals surface area (Å²) in [5, 5.41) is 10.9. The second-order valence-corrected chi connectivity index (χ2v) is 5.55. The Bertz CT molecular complexity index is 889. The largest absolute Gasteiger partial charge is 0.382 e. The van der Waals surface area contributed by atoms with E-state index >= 15 is 0 Å². The molecule has 0 aliphatic carbocycles. The number of anilines is 1. The fourth-order valence-corrected chi connectivity index (χ4v) is 2.54. The van der Waals surface area contributed by atoms with Gasteiger partial charge in [0, 0.05) is 18.8 Å². The number of benzene rings is 1. The molecule has 0 radical (unpaired) electrons. The fourth-order valence-electron chi connectivity index (χ4n) is 2.54. The summed E-state index contributed by atoms with van der Waals surface area (Å²) in [5.74, 6) is 0.429. The molecular weight excluding hydrogens is 318 g/mol. The van der Waals surface area contributed by atoms with Crippen LogP contribution in [0.2, 0.25) is 0 Å². The van der Waals surface area contributed by atoms with Gasteiger partial charge in [0.05, 0.1) is 17.6 Å². The van der Waals surface area contributed by atoms with E-state index in [9.17, 15) is 4.79 Å². The predicted octanol–water partition coefficient (Wildman–Crippen LogP) is 2.40. The van der Waals surface area contributed by atoms with Gasteiger partial charge in [0.2, 0.25) is 6.10 Å². The van der Waals surface area contributed by atoms with Gasteiger partial charge < -0.3 is 10.2 Å². The van der Waals surface area contributed by atoms with E-state index < -0.39 is 6.10 Å². The zero-order valence-corrected chi connectivity index (χ0v) is 13.2. The summed E-state index contributed by atoms with van der Waals surface area (Å²) in [6.45, 7) is 0. The molecule has 7 heteroatoms. The SMILES string of the molecule is O=C(Nc1ccc(-n2cccn2)nc1)C1CC(c2ccccc2)=NO1. The number of pyridine rings is 1. The third-order valence-corrected chi connectivity index (χ3v) is 3.82. The van der Waals surface area contributed by atoms with E-state index in [1.54, 1.807) is 35.4 Å². The van der Waals surface area contributed by atoms with Crippen LogP contribution in [0.5, 0.6) is 0 Å². The molecule has 1 aliphatic heterocycles. The molecule has 0 saturated carbocycles. The molecule has 3 aromatic rings. The minimum Gasteiger partial charge on any atom is -0.382 e. The summed E-state index contributed by atoms with van der Waals surface area (Å²) in [4.78, 5) is 21.9. The Kier molecular flexibility index (Phi) is 3.96. The number of carbonyl (C=O) groups is 1. The molecule has 1 aromatic carbocycles. The first-order valence-corrected chi connectivity index (χ1v) is 7.85. The Morgan fingerprint density at radius 1 is 1.16 bits per heavy atom. The van der Waals surface area contributed by atoms with Crippen molar-refractivity contribution >= 4 is 17.3 Å². The van der Waals surface area contributed by atoms with Crippen LogP contribution in [0.25, 0.3) is 5.82 Å². The summed E-state index contributed by atoms with van der Waals surface area (Å²) in [7, 11) is 0. The second kappa shape index (κ2) is 6.56.